The van der Waals surface area contributed by atoms with E-state index in [9.17, 15) is 20.0 Å². The van der Waals surface area contributed by atoms with Crippen molar-refractivity contribution >= 4 is 17.3 Å². The van der Waals surface area contributed by atoms with Crippen molar-refractivity contribution in [3.63, 3.8) is 0 Å². The Morgan fingerprint density at radius 1 is 1.53 bits per heavy atom. The monoisotopic (exact) mass is 264 g/mol. The first-order valence-corrected chi connectivity index (χ1v) is 6.26. The number of carboxylic acid groups (broad SMARTS) is 1. The Bertz CT molecular complexity index is 511. The number of benzene rings is 1. The lowest BCUT2D eigenvalue weighted by Gasteiger charge is -2.28. The molecule has 0 radical (unpaired) electrons. The Kier molecular flexibility index (Phi) is 3.69. The molecule has 0 heterocycles. The van der Waals surface area contributed by atoms with Gasteiger partial charge in [0.2, 0.25) is 0 Å². The number of nitro benzene ring substituents is 1. The van der Waals surface area contributed by atoms with Crippen LogP contribution in [0.25, 0.3) is 0 Å². The number of para-hydroxylation sites is 1. The van der Waals surface area contributed by atoms with E-state index < -0.39 is 16.8 Å². The first-order chi connectivity index (χ1) is 9.00. The third kappa shape index (κ3) is 2.67. The molecule has 6 heteroatoms. The fourth-order valence-corrected chi connectivity index (χ4v) is 2.46. The van der Waals surface area contributed by atoms with Crippen LogP contribution in [0.3, 0.4) is 0 Å². The Morgan fingerprint density at radius 2 is 2.21 bits per heavy atom. The van der Waals surface area contributed by atoms with Crippen molar-refractivity contribution in [3.05, 3.63) is 33.9 Å². The number of nitrogens with two attached hydrogens (primary N) is 1. The molecule has 0 bridgehead atoms. The Labute approximate surface area is 110 Å². The van der Waals surface area contributed by atoms with Gasteiger partial charge < -0.3 is 10.8 Å². The van der Waals surface area contributed by atoms with Gasteiger partial charge in [-0.3, -0.25) is 14.9 Å². The standard InChI is InChI=1S/C13H16N2O4/c14-12-9(5-2-6-11(12)15(18)19)10(13(16)17)7-8-3-1-4-8/h2,5-6,8,10H,1,3-4,7,14H2,(H,16,17). The summed E-state index contributed by atoms with van der Waals surface area (Å²) in [5.74, 6) is -1.34. The van der Waals surface area contributed by atoms with E-state index in [2.05, 4.69) is 0 Å². The highest BCUT2D eigenvalue weighted by molar-refractivity contribution is 5.80. The van der Waals surface area contributed by atoms with Crippen LogP contribution in [0.5, 0.6) is 0 Å². The summed E-state index contributed by atoms with van der Waals surface area (Å²) in [5, 5.41) is 20.2. The minimum atomic E-state index is -0.973. The number of anilines is 1. The number of hydrogen-bond acceptors (Lipinski definition) is 4. The molecule has 102 valence electrons. The van der Waals surface area contributed by atoms with Gasteiger partial charge in [0.1, 0.15) is 5.69 Å². The maximum atomic E-state index is 11.4. The fourth-order valence-electron chi connectivity index (χ4n) is 2.46. The number of aliphatic carboxylic acids is 1. The van der Waals surface area contributed by atoms with Crippen molar-refractivity contribution in [3.8, 4) is 0 Å². The molecule has 2 rings (SSSR count). The Balaban J connectivity index is 2.32. The first kappa shape index (κ1) is 13.3. The van der Waals surface area contributed by atoms with E-state index >= 15 is 0 Å². The number of nitrogens with zero attached hydrogens (tertiary/aromatic N) is 1. The highest BCUT2D eigenvalue weighted by Gasteiger charge is 2.30. The minimum absolute atomic E-state index is 0.0285. The second kappa shape index (κ2) is 5.26. The van der Waals surface area contributed by atoms with Gasteiger partial charge in [-0.15, -0.1) is 0 Å². The van der Waals surface area contributed by atoms with Crippen LogP contribution in [0.4, 0.5) is 11.4 Å². The summed E-state index contributed by atoms with van der Waals surface area (Å²) < 4.78 is 0. The van der Waals surface area contributed by atoms with E-state index in [1.807, 2.05) is 0 Å². The molecule has 1 aliphatic rings. The van der Waals surface area contributed by atoms with Gasteiger partial charge in [0, 0.05) is 6.07 Å². The van der Waals surface area contributed by atoms with Crippen LogP contribution in [0, 0.1) is 16.0 Å². The quantitative estimate of drug-likeness (QED) is 0.482. The molecule has 1 atom stereocenters. The van der Waals surface area contributed by atoms with Gasteiger partial charge >= 0.3 is 5.97 Å². The normalized spacial score (nSPS) is 16.6. The molecule has 1 fully saturated rings. The van der Waals surface area contributed by atoms with Crippen molar-refractivity contribution in [2.45, 2.75) is 31.6 Å². The molecule has 0 aromatic heterocycles. The zero-order valence-corrected chi connectivity index (χ0v) is 10.4. The van der Waals surface area contributed by atoms with Gasteiger partial charge in [-0.05, 0) is 17.9 Å². The predicted molar refractivity (Wildman–Crippen MR) is 69.8 cm³/mol. The van der Waals surface area contributed by atoms with Crippen LogP contribution in [-0.4, -0.2) is 16.0 Å². The molecule has 6 nitrogen and oxygen atoms in total. The van der Waals surface area contributed by atoms with E-state index in [-0.39, 0.29) is 11.4 Å². The maximum absolute atomic E-state index is 11.4. The van der Waals surface area contributed by atoms with E-state index in [0.717, 1.165) is 19.3 Å². The molecule has 19 heavy (non-hydrogen) atoms. The summed E-state index contributed by atoms with van der Waals surface area (Å²) in [5.41, 5.74) is 5.86. The second-order valence-electron chi connectivity index (χ2n) is 4.96. The molecule has 0 spiro atoms. The molecule has 0 amide bonds. The highest BCUT2D eigenvalue weighted by atomic mass is 16.6. The van der Waals surface area contributed by atoms with Gasteiger partial charge in [0.25, 0.3) is 5.69 Å². The number of nitro groups is 1. The third-order valence-corrected chi connectivity index (χ3v) is 3.78. The van der Waals surface area contributed by atoms with Crippen LogP contribution in [0.2, 0.25) is 0 Å². The van der Waals surface area contributed by atoms with Crippen molar-refractivity contribution in [1.29, 1.82) is 0 Å². The van der Waals surface area contributed by atoms with E-state index in [1.165, 1.54) is 12.1 Å². The molecule has 1 aromatic carbocycles. The van der Waals surface area contributed by atoms with Crippen molar-refractivity contribution in [2.24, 2.45) is 5.92 Å². The molecule has 0 saturated heterocycles. The topological polar surface area (TPSA) is 106 Å². The van der Waals surface area contributed by atoms with Gasteiger partial charge in [-0.2, -0.15) is 0 Å². The SMILES string of the molecule is Nc1c(C(CC2CCC2)C(=O)O)cccc1[N+](=O)[O-]. The van der Waals surface area contributed by atoms with E-state index in [4.69, 9.17) is 5.73 Å². The Hall–Kier alpha value is -2.11. The van der Waals surface area contributed by atoms with Crippen LogP contribution in [0.15, 0.2) is 18.2 Å². The van der Waals surface area contributed by atoms with E-state index in [1.54, 1.807) is 6.07 Å². The van der Waals surface area contributed by atoms with Crippen LogP contribution in [0.1, 0.15) is 37.2 Å². The molecule has 1 saturated carbocycles. The van der Waals surface area contributed by atoms with E-state index in [0.29, 0.717) is 17.9 Å². The third-order valence-electron chi connectivity index (χ3n) is 3.78. The van der Waals surface area contributed by atoms with Crippen LogP contribution >= 0.6 is 0 Å². The van der Waals surface area contributed by atoms with Crippen molar-refractivity contribution in [2.75, 3.05) is 5.73 Å². The lowest BCUT2D eigenvalue weighted by molar-refractivity contribution is -0.383. The molecule has 3 N–H and O–H groups in total. The maximum Gasteiger partial charge on any atom is 0.311 e. The van der Waals surface area contributed by atoms with Crippen molar-refractivity contribution < 1.29 is 14.8 Å². The fraction of sp³-hybridized carbons (Fsp3) is 0.462. The summed E-state index contributed by atoms with van der Waals surface area (Å²) >= 11 is 0. The van der Waals surface area contributed by atoms with Gasteiger partial charge in [-0.25, -0.2) is 0 Å². The average Bonchev–Trinajstić information content (AvgIpc) is 2.28. The van der Waals surface area contributed by atoms with Gasteiger partial charge in [0.05, 0.1) is 10.8 Å². The number of carbonyl (C=O) groups is 1. The second-order valence-corrected chi connectivity index (χ2v) is 4.96. The molecular formula is C13H16N2O4. The van der Waals surface area contributed by atoms with Gasteiger partial charge in [0.15, 0.2) is 0 Å². The largest absolute Gasteiger partial charge is 0.481 e. The number of rotatable bonds is 5. The molecule has 1 unspecified atom stereocenters. The average molecular weight is 264 g/mol. The predicted octanol–water partition coefficient (Wildman–Crippen LogP) is 2.54. The summed E-state index contributed by atoms with van der Waals surface area (Å²) in [6.07, 6.45) is 3.68. The first-order valence-electron chi connectivity index (χ1n) is 6.26. The van der Waals surface area contributed by atoms with Crippen LogP contribution < -0.4 is 5.73 Å². The zero-order valence-electron chi connectivity index (χ0n) is 10.4. The number of hydrogen-bond donors (Lipinski definition) is 2. The summed E-state index contributed by atoms with van der Waals surface area (Å²) in [6.45, 7) is 0. The Morgan fingerprint density at radius 3 is 2.68 bits per heavy atom. The molecule has 0 aliphatic heterocycles. The highest BCUT2D eigenvalue weighted by Crippen LogP contribution is 2.39. The van der Waals surface area contributed by atoms with Crippen molar-refractivity contribution in [1.82, 2.24) is 0 Å². The summed E-state index contributed by atoms with van der Waals surface area (Å²) in [7, 11) is 0. The lowest BCUT2D eigenvalue weighted by atomic mass is 9.77. The minimum Gasteiger partial charge on any atom is -0.481 e. The molecule has 1 aromatic rings. The number of carboxylic acids is 1. The smallest absolute Gasteiger partial charge is 0.311 e. The van der Waals surface area contributed by atoms with Gasteiger partial charge in [-0.1, -0.05) is 31.4 Å². The molecule has 1 aliphatic carbocycles. The summed E-state index contributed by atoms with van der Waals surface area (Å²) in [6, 6.07) is 4.35. The number of nitrogen functional groups attached to an aromatic ring is 1. The summed E-state index contributed by atoms with van der Waals surface area (Å²) in [4.78, 5) is 21.6. The van der Waals surface area contributed by atoms with Crippen LogP contribution in [-0.2, 0) is 4.79 Å². The zero-order chi connectivity index (χ0) is 14.0. The molecular weight excluding hydrogens is 248 g/mol. The lowest BCUT2D eigenvalue weighted by Crippen LogP contribution is -2.21.